The number of hydrogen-bond donors (Lipinski definition) is 1. The Hall–Kier alpha value is -2.78. The Morgan fingerprint density at radius 2 is 2.19 bits per heavy atom. The van der Waals surface area contributed by atoms with Crippen molar-refractivity contribution in [2.45, 2.75) is 20.4 Å². The first kappa shape index (κ1) is 18.0. The summed E-state index contributed by atoms with van der Waals surface area (Å²) >= 11 is 6.87. The molecule has 0 aliphatic heterocycles. The van der Waals surface area contributed by atoms with Crippen molar-refractivity contribution in [3.63, 3.8) is 0 Å². The lowest BCUT2D eigenvalue weighted by atomic mass is 10.2. The molecular formula is C16H13ClN4O4S. The molecule has 0 saturated heterocycles. The van der Waals surface area contributed by atoms with Crippen LogP contribution in [-0.4, -0.2) is 20.4 Å². The second-order valence-electron chi connectivity index (χ2n) is 5.45. The van der Waals surface area contributed by atoms with Crippen LogP contribution in [0.5, 0.6) is 0 Å². The number of nitrogens with zero attached hydrogens (tertiary/aromatic N) is 3. The highest BCUT2D eigenvalue weighted by Crippen LogP contribution is 2.30. The average Bonchev–Trinajstić information content (AvgIpc) is 2.94. The average molecular weight is 393 g/mol. The summed E-state index contributed by atoms with van der Waals surface area (Å²) in [6.45, 7) is 3.99. The van der Waals surface area contributed by atoms with Crippen molar-refractivity contribution in [3.8, 4) is 0 Å². The lowest BCUT2D eigenvalue weighted by Crippen LogP contribution is -2.19. The van der Waals surface area contributed by atoms with Crippen LogP contribution < -0.4 is 10.9 Å². The van der Waals surface area contributed by atoms with Crippen LogP contribution in [0, 0.1) is 17.0 Å². The van der Waals surface area contributed by atoms with E-state index in [-0.39, 0.29) is 22.0 Å². The maximum Gasteiger partial charge on any atom is 0.289 e. The van der Waals surface area contributed by atoms with Crippen molar-refractivity contribution >= 4 is 50.4 Å². The molecule has 0 radical (unpaired) electrons. The van der Waals surface area contributed by atoms with Gasteiger partial charge in [-0.2, -0.15) is 0 Å². The van der Waals surface area contributed by atoms with Crippen LogP contribution >= 0.6 is 22.9 Å². The smallest absolute Gasteiger partial charge is 0.289 e. The number of amides is 1. The minimum Gasteiger partial charge on any atom is -0.321 e. The summed E-state index contributed by atoms with van der Waals surface area (Å²) in [6, 6.07) is 4.00. The van der Waals surface area contributed by atoms with E-state index in [4.69, 9.17) is 11.6 Å². The number of aromatic nitrogens is 2. The number of hydrogen-bond acceptors (Lipinski definition) is 6. The molecule has 0 bridgehead atoms. The van der Waals surface area contributed by atoms with Gasteiger partial charge in [-0.05, 0) is 31.5 Å². The Morgan fingerprint density at radius 3 is 2.85 bits per heavy atom. The molecule has 0 spiro atoms. The summed E-state index contributed by atoms with van der Waals surface area (Å²) in [7, 11) is 0. The molecule has 0 atom stereocenters. The van der Waals surface area contributed by atoms with Gasteiger partial charge in [0.05, 0.1) is 21.5 Å². The van der Waals surface area contributed by atoms with Crippen LogP contribution in [0.2, 0.25) is 5.02 Å². The minimum absolute atomic E-state index is 0.0182. The van der Waals surface area contributed by atoms with E-state index >= 15 is 0 Å². The third-order valence-electron chi connectivity index (χ3n) is 3.86. The van der Waals surface area contributed by atoms with Gasteiger partial charge in [-0.15, -0.1) is 11.3 Å². The number of nitro benzene ring substituents is 1. The number of rotatable bonds is 4. The lowest BCUT2D eigenvalue weighted by molar-refractivity contribution is -0.384. The monoisotopic (exact) mass is 392 g/mol. The molecule has 3 rings (SSSR count). The highest BCUT2D eigenvalue weighted by atomic mass is 35.5. The molecule has 2 heterocycles. The molecule has 1 aromatic carbocycles. The predicted octanol–water partition coefficient (Wildman–Crippen LogP) is 3.60. The Kier molecular flexibility index (Phi) is 4.75. The van der Waals surface area contributed by atoms with Crippen LogP contribution in [0.4, 0.5) is 11.4 Å². The molecule has 0 aliphatic carbocycles. The molecule has 134 valence electrons. The molecule has 1 amide bonds. The van der Waals surface area contributed by atoms with E-state index in [0.29, 0.717) is 27.2 Å². The van der Waals surface area contributed by atoms with Gasteiger partial charge in [-0.25, -0.2) is 4.98 Å². The summed E-state index contributed by atoms with van der Waals surface area (Å²) < 4.78 is 1.46. The first-order chi connectivity index (χ1) is 12.3. The van der Waals surface area contributed by atoms with Gasteiger partial charge < -0.3 is 5.32 Å². The molecule has 2 aromatic heterocycles. The van der Waals surface area contributed by atoms with Gasteiger partial charge in [0.1, 0.15) is 9.85 Å². The summed E-state index contributed by atoms with van der Waals surface area (Å²) in [5, 5.41) is 14.0. The van der Waals surface area contributed by atoms with Crippen molar-refractivity contribution in [2.24, 2.45) is 0 Å². The molecule has 8 nitrogen and oxygen atoms in total. The molecule has 10 heteroatoms. The van der Waals surface area contributed by atoms with Crippen LogP contribution in [0.1, 0.15) is 22.2 Å². The predicted molar refractivity (Wildman–Crippen MR) is 100 cm³/mol. The Balaban J connectivity index is 2.00. The topological polar surface area (TPSA) is 107 Å². The highest BCUT2D eigenvalue weighted by molar-refractivity contribution is 7.20. The van der Waals surface area contributed by atoms with Gasteiger partial charge in [-0.1, -0.05) is 11.6 Å². The fraction of sp³-hybridized carbons (Fsp3) is 0.188. The van der Waals surface area contributed by atoms with Crippen LogP contribution in [0.25, 0.3) is 10.2 Å². The number of nitro groups is 1. The number of carbonyl (C=O) groups excluding carboxylic acids is 1. The van der Waals surface area contributed by atoms with E-state index in [1.54, 1.807) is 6.92 Å². The minimum atomic E-state index is -0.625. The van der Waals surface area contributed by atoms with Crippen molar-refractivity contribution in [2.75, 3.05) is 5.32 Å². The third kappa shape index (κ3) is 3.06. The molecule has 0 saturated carbocycles. The number of benzene rings is 1. The normalized spacial score (nSPS) is 10.9. The maximum atomic E-state index is 12.6. The number of halogens is 1. The Bertz CT molecular complexity index is 1110. The van der Waals surface area contributed by atoms with Gasteiger partial charge in [0.2, 0.25) is 0 Å². The summed E-state index contributed by atoms with van der Waals surface area (Å²) in [4.78, 5) is 40.4. The zero-order chi connectivity index (χ0) is 19.0. The Morgan fingerprint density at radius 1 is 1.46 bits per heavy atom. The van der Waals surface area contributed by atoms with Gasteiger partial charge in [-0.3, -0.25) is 24.3 Å². The second kappa shape index (κ2) is 6.85. The highest BCUT2D eigenvalue weighted by Gasteiger charge is 2.20. The lowest BCUT2D eigenvalue weighted by Gasteiger charge is -2.05. The zero-order valence-electron chi connectivity index (χ0n) is 13.8. The first-order valence-electron chi connectivity index (χ1n) is 7.57. The van der Waals surface area contributed by atoms with Crippen LogP contribution in [-0.2, 0) is 6.54 Å². The number of carbonyl (C=O) groups is 1. The van der Waals surface area contributed by atoms with Crippen molar-refractivity contribution < 1.29 is 9.72 Å². The van der Waals surface area contributed by atoms with Gasteiger partial charge in [0.15, 0.2) is 0 Å². The van der Waals surface area contributed by atoms with Crippen LogP contribution in [0.15, 0.2) is 29.3 Å². The molecule has 0 unspecified atom stereocenters. The Labute approximate surface area is 156 Å². The number of aryl methyl sites for hydroxylation is 2. The summed E-state index contributed by atoms with van der Waals surface area (Å²) in [6.07, 6.45) is 1.45. The second-order valence-corrected chi connectivity index (χ2v) is 6.86. The molecule has 26 heavy (non-hydrogen) atoms. The molecule has 1 N–H and O–H groups in total. The fourth-order valence-electron chi connectivity index (χ4n) is 2.52. The summed E-state index contributed by atoms with van der Waals surface area (Å²) in [5.41, 5.74) is 0.269. The van der Waals surface area contributed by atoms with Crippen molar-refractivity contribution in [1.82, 2.24) is 9.55 Å². The molecule has 0 aliphatic rings. The van der Waals surface area contributed by atoms with Gasteiger partial charge in [0.25, 0.3) is 17.2 Å². The number of fused-ring (bicyclic) bond motifs is 1. The standard InChI is InChI=1S/C16H13ClN4O4S/c1-3-20-7-18-15-12(16(20)23)8(2)13(26-15)14(22)19-9-4-5-10(17)11(6-9)21(24)25/h4-7H,3H2,1-2H3,(H,19,22). The van der Waals surface area contributed by atoms with Crippen molar-refractivity contribution in [3.05, 3.63) is 60.5 Å². The van der Waals surface area contributed by atoms with Gasteiger partial charge >= 0.3 is 0 Å². The van der Waals surface area contributed by atoms with E-state index in [0.717, 1.165) is 11.3 Å². The molecule has 0 fully saturated rings. The summed E-state index contributed by atoms with van der Waals surface area (Å²) in [5.74, 6) is -0.468. The fourth-order valence-corrected chi connectivity index (χ4v) is 3.74. The first-order valence-corrected chi connectivity index (χ1v) is 8.76. The maximum absolute atomic E-state index is 12.6. The van der Waals surface area contributed by atoms with Crippen LogP contribution in [0.3, 0.4) is 0 Å². The molecule has 3 aromatic rings. The number of anilines is 1. The number of nitrogens with one attached hydrogen (secondary N) is 1. The zero-order valence-corrected chi connectivity index (χ0v) is 15.3. The van der Waals surface area contributed by atoms with E-state index in [1.165, 1.54) is 29.1 Å². The van der Waals surface area contributed by atoms with Gasteiger partial charge in [0, 0.05) is 18.3 Å². The van der Waals surface area contributed by atoms with Crippen molar-refractivity contribution in [1.29, 1.82) is 0 Å². The number of thiophene rings is 1. The van der Waals surface area contributed by atoms with E-state index in [1.807, 2.05) is 6.92 Å². The van der Waals surface area contributed by atoms with E-state index in [2.05, 4.69) is 10.3 Å². The van der Waals surface area contributed by atoms with E-state index in [9.17, 15) is 19.7 Å². The third-order valence-corrected chi connectivity index (χ3v) is 5.38. The quantitative estimate of drug-likeness (QED) is 0.539. The molecular weight excluding hydrogens is 380 g/mol. The SMILES string of the molecule is CCn1cnc2sc(C(=O)Nc3ccc(Cl)c([N+](=O)[O-])c3)c(C)c2c1=O. The largest absolute Gasteiger partial charge is 0.321 e. The van der Waals surface area contributed by atoms with E-state index < -0.39 is 10.8 Å².